The van der Waals surface area contributed by atoms with E-state index in [0.717, 1.165) is 39.0 Å². The van der Waals surface area contributed by atoms with Crippen molar-refractivity contribution in [2.75, 3.05) is 4.90 Å². The fourth-order valence-corrected chi connectivity index (χ4v) is 9.37. The van der Waals surface area contributed by atoms with E-state index in [1.807, 2.05) is 11.3 Å². The van der Waals surface area contributed by atoms with Crippen LogP contribution in [0.5, 0.6) is 0 Å². The first kappa shape index (κ1) is 30.0. The van der Waals surface area contributed by atoms with Gasteiger partial charge in [0.25, 0.3) is 0 Å². The number of thiophene rings is 1. The number of anilines is 3. The Hall–Kier alpha value is -6.68. The Morgan fingerprint density at radius 1 is 0.358 bits per heavy atom. The second-order valence-corrected chi connectivity index (χ2v) is 14.8. The summed E-state index contributed by atoms with van der Waals surface area (Å²) in [5.74, 6) is 0. The van der Waals surface area contributed by atoms with Crippen molar-refractivity contribution < 1.29 is 4.42 Å². The van der Waals surface area contributed by atoms with E-state index in [2.05, 4.69) is 193 Å². The molecule has 53 heavy (non-hydrogen) atoms. The third-order valence-electron chi connectivity index (χ3n) is 10.6. The van der Waals surface area contributed by atoms with Crippen molar-refractivity contribution in [1.29, 1.82) is 0 Å². The second kappa shape index (κ2) is 11.9. The third kappa shape index (κ3) is 4.86. The zero-order valence-corrected chi connectivity index (χ0v) is 29.5. The maximum atomic E-state index is 6.61. The quantitative estimate of drug-likeness (QED) is 0.178. The molecule has 0 aliphatic rings. The van der Waals surface area contributed by atoms with Crippen molar-refractivity contribution in [3.05, 3.63) is 188 Å². The molecule has 0 radical (unpaired) electrons. The van der Waals surface area contributed by atoms with Crippen LogP contribution in [0.25, 0.3) is 85.9 Å². The summed E-state index contributed by atoms with van der Waals surface area (Å²) in [5.41, 5.74) is 9.83. The molecule has 0 amide bonds. The van der Waals surface area contributed by atoms with Crippen molar-refractivity contribution in [3.8, 4) is 22.3 Å². The zero-order chi connectivity index (χ0) is 34.9. The smallest absolute Gasteiger partial charge is 0.137 e. The summed E-state index contributed by atoms with van der Waals surface area (Å²) >= 11 is 1.85. The van der Waals surface area contributed by atoms with Gasteiger partial charge in [-0.15, -0.1) is 11.3 Å². The molecule has 9 aromatic carbocycles. The van der Waals surface area contributed by atoms with Gasteiger partial charge >= 0.3 is 0 Å². The molecule has 3 heteroatoms. The fourth-order valence-electron chi connectivity index (χ4n) is 8.23. The average molecular weight is 694 g/mol. The predicted octanol–water partition coefficient (Wildman–Crippen LogP) is 15.1. The standard InChI is InChI=1S/C50H31NOS/c1-2-11-32(12-3-1)39-20-9-14-34-15-10-21-41(49(34)39)35-16-8-17-36(29-35)51(38-24-26-43-42-19-6-7-22-47(42)53-48(43)31-38)37-25-27-44-46(30-37)52-45-28-23-33-13-4-5-18-40(33)50(44)45/h1-31H. The third-order valence-corrected chi connectivity index (χ3v) is 11.8. The summed E-state index contributed by atoms with van der Waals surface area (Å²) in [7, 11) is 0. The molecule has 0 fully saturated rings. The van der Waals surface area contributed by atoms with Gasteiger partial charge in [-0.05, 0) is 92.3 Å². The number of hydrogen-bond donors (Lipinski definition) is 0. The molecule has 0 N–H and O–H groups in total. The number of hydrogen-bond acceptors (Lipinski definition) is 3. The van der Waals surface area contributed by atoms with E-state index in [1.54, 1.807) is 0 Å². The van der Waals surface area contributed by atoms with Crippen LogP contribution in [0.3, 0.4) is 0 Å². The van der Waals surface area contributed by atoms with Gasteiger partial charge in [-0.1, -0.05) is 133 Å². The van der Waals surface area contributed by atoms with Crippen LogP contribution in [-0.2, 0) is 0 Å². The summed E-state index contributed by atoms with van der Waals surface area (Å²) in [5, 5.41) is 9.78. The minimum absolute atomic E-state index is 0.875. The summed E-state index contributed by atoms with van der Waals surface area (Å²) in [6.07, 6.45) is 0. The summed E-state index contributed by atoms with van der Waals surface area (Å²) in [6, 6.07) is 68.0. The summed E-state index contributed by atoms with van der Waals surface area (Å²) in [6.45, 7) is 0. The van der Waals surface area contributed by atoms with Crippen LogP contribution in [0.1, 0.15) is 0 Å². The largest absolute Gasteiger partial charge is 0.456 e. The lowest BCUT2D eigenvalue weighted by atomic mass is 9.91. The van der Waals surface area contributed by atoms with Crippen molar-refractivity contribution >= 4 is 92.1 Å². The van der Waals surface area contributed by atoms with Gasteiger partial charge < -0.3 is 9.32 Å². The first-order valence-electron chi connectivity index (χ1n) is 18.0. The Balaban J connectivity index is 1.13. The normalized spacial score (nSPS) is 11.8. The Bertz CT molecular complexity index is 3180. The average Bonchev–Trinajstić information content (AvgIpc) is 3.79. The maximum Gasteiger partial charge on any atom is 0.137 e. The highest BCUT2D eigenvalue weighted by Gasteiger charge is 2.19. The van der Waals surface area contributed by atoms with E-state index in [4.69, 9.17) is 4.42 Å². The van der Waals surface area contributed by atoms with E-state index in [-0.39, 0.29) is 0 Å². The SMILES string of the molecule is c1ccc(-c2cccc3cccc(-c4cccc(N(c5ccc6c(c5)oc5ccc7ccccc7c56)c5ccc6c(c5)sc5ccccc56)c4)c23)cc1. The van der Waals surface area contributed by atoms with Crippen molar-refractivity contribution in [2.45, 2.75) is 0 Å². The van der Waals surface area contributed by atoms with Crippen LogP contribution in [0.2, 0.25) is 0 Å². The Morgan fingerprint density at radius 2 is 1.00 bits per heavy atom. The van der Waals surface area contributed by atoms with Crippen LogP contribution < -0.4 is 4.90 Å². The maximum absolute atomic E-state index is 6.61. The number of nitrogens with zero attached hydrogens (tertiary/aromatic N) is 1. The molecular formula is C50H31NOS. The molecule has 0 spiro atoms. The van der Waals surface area contributed by atoms with Gasteiger partial charge in [0.05, 0.1) is 0 Å². The van der Waals surface area contributed by atoms with Gasteiger partial charge in [0, 0.05) is 54.1 Å². The van der Waals surface area contributed by atoms with Gasteiger partial charge in [0.1, 0.15) is 11.2 Å². The van der Waals surface area contributed by atoms with Crippen molar-refractivity contribution in [1.82, 2.24) is 0 Å². The topological polar surface area (TPSA) is 16.4 Å². The first-order valence-corrected chi connectivity index (χ1v) is 18.8. The summed E-state index contributed by atoms with van der Waals surface area (Å²) < 4.78 is 9.17. The molecule has 0 atom stereocenters. The molecule has 2 heterocycles. The Morgan fingerprint density at radius 3 is 1.87 bits per heavy atom. The number of rotatable bonds is 5. The van der Waals surface area contributed by atoms with Gasteiger partial charge in [-0.2, -0.15) is 0 Å². The van der Waals surface area contributed by atoms with E-state index in [0.29, 0.717) is 0 Å². The molecule has 248 valence electrons. The molecule has 0 aliphatic heterocycles. The second-order valence-electron chi connectivity index (χ2n) is 13.7. The molecule has 0 bridgehead atoms. The lowest BCUT2D eigenvalue weighted by Crippen LogP contribution is -2.09. The van der Waals surface area contributed by atoms with Gasteiger partial charge in [0.2, 0.25) is 0 Å². The number of benzene rings is 9. The van der Waals surface area contributed by atoms with Crippen LogP contribution in [0.4, 0.5) is 17.1 Å². The lowest BCUT2D eigenvalue weighted by molar-refractivity contribution is 0.669. The molecule has 2 nitrogen and oxygen atoms in total. The van der Waals surface area contributed by atoms with E-state index in [1.165, 1.54) is 64.0 Å². The molecule has 0 unspecified atom stereocenters. The van der Waals surface area contributed by atoms with Gasteiger partial charge in [0.15, 0.2) is 0 Å². The minimum atomic E-state index is 0.875. The lowest BCUT2D eigenvalue weighted by Gasteiger charge is -2.26. The van der Waals surface area contributed by atoms with Crippen LogP contribution >= 0.6 is 11.3 Å². The molecule has 2 aromatic heterocycles. The summed E-state index contributed by atoms with van der Waals surface area (Å²) in [4.78, 5) is 2.38. The van der Waals surface area contributed by atoms with E-state index >= 15 is 0 Å². The molecular weight excluding hydrogens is 663 g/mol. The van der Waals surface area contributed by atoms with Gasteiger partial charge in [-0.25, -0.2) is 0 Å². The highest BCUT2D eigenvalue weighted by atomic mass is 32.1. The first-order chi connectivity index (χ1) is 26.3. The monoisotopic (exact) mass is 693 g/mol. The van der Waals surface area contributed by atoms with Crippen LogP contribution in [0.15, 0.2) is 192 Å². The number of furan rings is 1. The number of fused-ring (bicyclic) bond motifs is 9. The molecule has 11 aromatic rings. The molecule has 0 saturated carbocycles. The van der Waals surface area contributed by atoms with Gasteiger partial charge in [-0.3, -0.25) is 0 Å². The Labute approximate surface area is 310 Å². The fraction of sp³-hybridized carbons (Fsp3) is 0. The predicted molar refractivity (Wildman–Crippen MR) is 227 cm³/mol. The van der Waals surface area contributed by atoms with Crippen molar-refractivity contribution in [2.24, 2.45) is 0 Å². The molecule has 0 saturated heterocycles. The highest BCUT2D eigenvalue weighted by Crippen LogP contribution is 2.44. The van der Waals surface area contributed by atoms with E-state index in [9.17, 15) is 0 Å². The minimum Gasteiger partial charge on any atom is -0.456 e. The Kier molecular flexibility index (Phi) is 6.76. The molecule has 0 aliphatic carbocycles. The van der Waals surface area contributed by atoms with Crippen molar-refractivity contribution in [3.63, 3.8) is 0 Å². The molecule has 11 rings (SSSR count). The zero-order valence-electron chi connectivity index (χ0n) is 28.7. The van der Waals surface area contributed by atoms with E-state index < -0.39 is 0 Å². The van der Waals surface area contributed by atoms with Crippen LogP contribution in [0, 0.1) is 0 Å². The van der Waals surface area contributed by atoms with Crippen LogP contribution in [-0.4, -0.2) is 0 Å². The highest BCUT2D eigenvalue weighted by molar-refractivity contribution is 7.25.